The average Bonchev–Trinajstić information content (AvgIpc) is 2.95. The van der Waals surface area contributed by atoms with E-state index in [0.29, 0.717) is 5.71 Å². The highest BCUT2D eigenvalue weighted by molar-refractivity contribution is 6.20. The van der Waals surface area contributed by atoms with Crippen LogP contribution in [0.4, 0.5) is 16.2 Å². The number of benzodiazepines with no additional fused rings is 1. The van der Waals surface area contributed by atoms with Crippen LogP contribution in [0.2, 0.25) is 0 Å². The topological polar surface area (TPSA) is 73.8 Å². The minimum atomic E-state index is -1.06. The number of aliphatic imine (C=N–C) groups is 1. The van der Waals surface area contributed by atoms with Crippen molar-refractivity contribution < 1.29 is 9.59 Å². The smallest absolute Gasteiger partial charge is 0.311 e. The molecule has 0 unspecified atom stereocenters. The van der Waals surface area contributed by atoms with Gasteiger partial charge in [-0.05, 0) is 30.0 Å². The number of nitrogens with one attached hydrogen (secondary N) is 2. The van der Waals surface area contributed by atoms with Gasteiger partial charge in [0.2, 0.25) is 6.17 Å². The molecule has 0 saturated heterocycles. The average molecular weight is 441 g/mol. The highest BCUT2D eigenvalue weighted by Gasteiger charge is 2.31. The zero-order chi connectivity index (χ0) is 23.4. The van der Waals surface area contributed by atoms with Crippen molar-refractivity contribution in [3.8, 4) is 0 Å². The standard InChI is InChI=1S/C27H28N4O2/c1-4-18-14-11-15-19(5-2)23(18)29-27(33)30-25-26(32)31(3)22-17-10-9-16-21(22)24(28-25)20-12-7-6-8-13-20/h6-17,25H,4-5H2,1-3H3,(H2,29,30,33)/t25-/m1/s1. The molecule has 0 fully saturated rings. The third kappa shape index (κ3) is 4.51. The van der Waals surface area contributed by atoms with E-state index < -0.39 is 12.2 Å². The number of amides is 3. The van der Waals surface area contributed by atoms with E-state index >= 15 is 0 Å². The summed E-state index contributed by atoms with van der Waals surface area (Å²) in [6.45, 7) is 4.10. The van der Waals surface area contributed by atoms with Crippen LogP contribution in [0, 0.1) is 0 Å². The summed E-state index contributed by atoms with van der Waals surface area (Å²) in [7, 11) is 1.71. The van der Waals surface area contributed by atoms with Crippen LogP contribution in [-0.4, -0.2) is 30.9 Å². The molecule has 3 amide bonds. The van der Waals surface area contributed by atoms with Crippen molar-refractivity contribution in [2.45, 2.75) is 32.9 Å². The van der Waals surface area contributed by atoms with E-state index in [9.17, 15) is 9.59 Å². The number of anilines is 2. The van der Waals surface area contributed by atoms with Gasteiger partial charge in [0.1, 0.15) is 0 Å². The van der Waals surface area contributed by atoms with Crippen molar-refractivity contribution in [2.75, 3.05) is 17.3 Å². The molecule has 0 aromatic heterocycles. The molecular weight excluding hydrogens is 412 g/mol. The molecule has 3 aromatic rings. The van der Waals surface area contributed by atoms with Gasteiger partial charge in [0.05, 0.1) is 11.4 Å². The van der Waals surface area contributed by atoms with Crippen LogP contribution < -0.4 is 15.5 Å². The van der Waals surface area contributed by atoms with Crippen LogP contribution in [0.1, 0.15) is 36.1 Å². The molecule has 168 valence electrons. The Hall–Kier alpha value is -3.93. The molecule has 1 heterocycles. The number of benzene rings is 3. The van der Waals surface area contributed by atoms with Gasteiger partial charge in [-0.15, -0.1) is 0 Å². The van der Waals surface area contributed by atoms with Crippen LogP contribution in [0.25, 0.3) is 0 Å². The predicted octanol–water partition coefficient (Wildman–Crippen LogP) is 4.77. The number of urea groups is 1. The maximum atomic E-state index is 13.3. The monoisotopic (exact) mass is 440 g/mol. The number of rotatable bonds is 5. The highest BCUT2D eigenvalue weighted by atomic mass is 16.2. The van der Waals surface area contributed by atoms with Gasteiger partial charge in [-0.2, -0.15) is 0 Å². The third-order valence-corrected chi connectivity index (χ3v) is 5.90. The van der Waals surface area contributed by atoms with Crippen molar-refractivity contribution in [3.63, 3.8) is 0 Å². The molecule has 0 saturated carbocycles. The molecule has 3 aromatic carbocycles. The van der Waals surface area contributed by atoms with E-state index in [1.807, 2.05) is 72.8 Å². The molecule has 1 aliphatic heterocycles. The lowest BCUT2D eigenvalue weighted by Gasteiger charge is -2.21. The zero-order valence-electron chi connectivity index (χ0n) is 19.1. The fourth-order valence-electron chi connectivity index (χ4n) is 4.12. The summed E-state index contributed by atoms with van der Waals surface area (Å²) in [6.07, 6.45) is 0.525. The predicted molar refractivity (Wildman–Crippen MR) is 133 cm³/mol. The lowest BCUT2D eigenvalue weighted by molar-refractivity contribution is -0.119. The molecule has 0 spiro atoms. The molecule has 4 rings (SSSR count). The summed E-state index contributed by atoms with van der Waals surface area (Å²) in [6, 6.07) is 22.9. The fraction of sp³-hybridized carbons (Fsp3) is 0.222. The normalized spacial score (nSPS) is 15.4. The quantitative estimate of drug-likeness (QED) is 0.600. The van der Waals surface area contributed by atoms with Gasteiger partial charge < -0.3 is 15.5 Å². The first-order chi connectivity index (χ1) is 16.0. The van der Waals surface area contributed by atoms with E-state index in [-0.39, 0.29) is 5.91 Å². The van der Waals surface area contributed by atoms with E-state index in [4.69, 9.17) is 4.99 Å². The summed E-state index contributed by atoms with van der Waals surface area (Å²) in [5.74, 6) is -0.303. The second kappa shape index (κ2) is 9.69. The molecule has 6 nitrogen and oxygen atoms in total. The number of carbonyl (C=O) groups is 2. The Morgan fingerprint density at radius 3 is 2.21 bits per heavy atom. The number of likely N-dealkylation sites (N-methyl/N-ethyl adjacent to an activating group) is 1. The van der Waals surface area contributed by atoms with Gasteiger partial charge in [0.25, 0.3) is 5.91 Å². The van der Waals surface area contributed by atoms with Gasteiger partial charge in [0, 0.05) is 23.9 Å². The Morgan fingerprint density at radius 1 is 0.909 bits per heavy atom. The van der Waals surface area contributed by atoms with Crippen molar-refractivity contribution >= 4 is 29.0 Å². The van der Waals surface area contributed by atoms with Crippen molar-refractivity contribution in [1.82, 2.24) is 5.32 Å². The summed E-state index contributed by atoms with van der Waals surface area (Å²) in [5, 5.41) is 5.77. The number of hydrogen-bond donors (Lipinski definition) is 2. The van der Waals surface area contributed by atoms with E-state index in [1.165, 1.54) is 0 Å². The lowest BCUT2D eigenvalue weighted by atomic mass is 10.0. The highest BCUT2D eigenvalue weighted by Crippen LogP contribution is 2.27. The Morgan fingerprint density at radius 2 is 1.55 bits per heavy atom. The molecule has 1 aliphatic rings. The van der Waals surface area contributed by atoms with Crippen LogP contribution in [0.15, 0.2) is 77.8 Å². The first-order valence-electron chi connectivity index (χ1n) is 11.2. The summed E-state index contributed by atoms with van der Waals surface area (Å²) in [5.41, 5.74) is 6.03. The number of aryl methyl sites for hydroxylation is 2. The summed E-state index contributed by atoms with van der Waals surface area (Å²) in [4.78, 5) is 32.6. The number of carbonyl (C=O) groups excluding carboxylic acids is 2. The maximum Gasteiger partial charge on any atom is 0.321 e. The molecule has 2 N–H and O–H groups in total. The summed E-state index contributed by atoms with van der Waals surface area (Å²) >= 11 is 0. The van der Waals surface area contributed by atoms with Gasteiger partial charge in [-0.1, -0.05) is 80.6 Å². The largest absolute Gasteiger partial charge is 0.321 e. The van der Waals surface area contributed by atoms with E-state index in [2.05, 4.69) is 24.5 Å². The minimum Gasteiger partial charge on any atom is -0.311 e. The Kier molecular flexibility index (Phi) is 6.54. The molecule has 0 aliphatic carbocycles. The van der Waals surface area contributed by atoms with Gasteiger partial charge >= 0.3 is 6.03 Å². The Bertz CT molecular complexity index is 1180. The Labute approximate surface area is 194 Å². The van der Waals surface area contributed by atoms with Crippen LogP contribution in [0.5, 0.6) is 0 Å². The van der Waals surface area contributed by atoms with Crippen LogP contribution >= 0.6 is 0 Å². The van der Waals surface area contributed by atoms with Crippen LogP contribution in [-0.2, 0) is 17.6 Å². The van der Waals surface area contributed by atoms with Gasteiger partial charge in [-0.3, -0.25) is 4.79 Å². The zero-order valence-corrected chi connectivity index (χ0v) is 19.1. The number of nitrogens with zero attached hydrogens (tertiary/aromatic N) is 2. The molecular formula is C27H28N4O2. The van der Waals surface area contributed by atoms with E-state index in [0.717, 1.165) is 46.5 Å². The molecule has 0 radical (unpaired) electrons. The lowest BCUT2D eigenvalue weighted by Crippen LogP contribution is -2.47. The SMILES string of the molecule is CCc1cccc(CC)c1NC(=O)N[C@H]1N=C(c2ccccc2)c2ccccc2N(C)C1=O. The summed E-state index contributed by atoms with van der Waals surface area (Å²) < 4.78 is 0. The van der Waals surface area contributed by atoms with Crippen molar-refractivity contribution in [1.29, 1.82) is 0 Å². The number of para-hydroxylation sites is 2. The molecule has 0 bridgehead atoms. The Balaban J connectivity index is 1.69. The molecule has 1 atom stereocenters. The number of hydrogen-bond acceptors (Lipinski definition) is 3. The first kappa shape index (κ1) is 22.3. The fourth-order valence-corrected chi connectivity index (χ4v) is 4.12. The third-order valence-electron chi connectivity index (χ3n) is 5.90. The molecule has 33 heavy (non-hydrogen) atoms. The minimum absolute atomic E-state index is 0.303. The van der Waals surface area contributed by atoms with Crippen molar-refractivity contribution in [3.05, 3.63) is 95.1 Å². The molecule has 6 heteroatoms. The second-order valence-corrected chi connectivity index (χ2v) is 7.92. The second-order valence-electron chi connectivity index (χ2n) is 7.92. The van der Waals surface area contributed by atoms with Crippen molar-refractivity contribution in [2.24, 2.45) is 4.99 Å². The maximum absolute atomic E-state index is 13.3. The van der Waals surface area contributed by atoms with Gasteiger partial charge in [0.15, 0.2) is 0 Å². The van der Waals surface area contributed by atoms with E-state index in [1.54, 1.807) is 11.9 Å². The first-order valence-corrected chi connectivity index (χ1v) is 11.2. The van der Waals surface area contributed by atoms with Crippen LogP contribution in [0.3, 0.4) is 0 Å². The number of fused-ring (bicyclic) bond motifs is 1. The van der Waals surface area contributed by atoms with Gasteiger partial charge in [-0.25, -0.2) is 9.79 Å².